The Kier molecular flexibility index (Phi) is 3.11. The summed E-state index contributed by atoms with van der Waals surface area (Å²) in [5, 5.41) is 3.92. The highest BCUT2D eigenvalue weighted by Crippen LogP contribution is 1.89. The maximum Gasteiger partial charge on any atom is 0.113 e. The monoisotopic (exact) mass is 153 g/mol. The Morgan fingerprint density at radius 2 is 2.45 bits per heavy atom. The average molecular weight is 153 g/mol. The molecule has 11 heavy (non-hydrogen) atoms. The summed E-state index contributed by atoms with van der Waals surface area (Å²) < 4.78 is 7.15. The van der Waals surface area contributed by atoms with Crippen LogP contribution in [0.5, 0.6) is 0 Å². The molecule has 0 aliphatic carbocycles. The summed E-state index contributed by atoms with van der Waals surface area (Å²) in [7, 11) is 0. The predicted octanol–water partition coefficient (Wildman–Crippen LogP) is 1.11. The molecule has 0 amide bonds. The Morgan fingerprint density at radius 3 is 3.00 bits per heavy atom. The Hall–Kier alpha value is -0.830. The highest BCUT2D eigenvalue weighted by molar-refractivity contribution is 4.75. The summed E-state index contributed by atoms with van der Waals surface area (Å²) in [5.74, 6) is 0. The molecule has 0 aliphatic heterocycles. The minimum Gasteiger partial charge on any atom is -0.377 e. The van der Waals surface area contributed by atoms with Crippen LogP contribution >= 0.6 is 0 Å². The van der Waals surface area contributed by atoms with Crippen LogP contribution in [0.15, 0.2) is 12.3 Å². The van der Waals surface area contributed by atoms with Gasteiger partial charge in [-0.25, -0.2) is 0 Å². The van der Waals surface area contributed by atoms with E-state index < -0.39 is 0 Å². The number of aromatic nitrogens is 2. The molecule has 1 rings (SSSR count). The second kappa shape index (κ2) is 4.13. The molecule has 61 valence electrons. The molecule has 0 fully saturated rings. The van der Waals surface area contributed by atoms with Crippen molar-refractivity contribution in [1.29, 1.82) is 0 Å². The minimum absolute atomic E-state index is 0.301. The summed E-state index contributed by atoms with van der Waals surface area (Å²) in [4.78, 5) is 0. The third-order valence-corrected chi connectivity index (χ3v) is 1.28. The summed E-state index contributed by atoms with van der Waals surface area (Å²) >= 11 is 0. The molecule has 0 aromatic carbocycles. The molecule has 0 atom stereocenters. The SMILES string of the molecule is CC(C)OCCn1cc[c]n1. The molecule has 0 saturated heterocycles. The van der Waals surface area contributed by atoms with Crippen molar-refractivity contribution in [2.75, 3.05) is 6.61 Å². The lowest BCUT2D eigenvalue weighted by Crippen LogP contribution is -2.10. The first-order valence-corrected chi connectivity index (χ1v) is 3.80. The average Bonchev–Trinajstić information content (AvgIpc) is 2.39. The fourth-order valence-corrected chi connectivity index (χ4v) is 0.767. The molecule has 1 heterocycles. The van der Waals surface area contributed by atoms with Crippen molar-refractivity contribution in [2.45, 2.75) is 26.5 Å². The van der Waals surface area contributed by atoms with Crippen LogP contribution in [0, 0.1) is 6.20 Å². The van der Waals surface area contributed by atoms with Gasteiger partial charge in [0.2, 0.25) is 0 Å². The zero-order chi connectivity index (χ0) is 8.10. The van der Waals surface area contributed by atoms with E-state index in [1.807, 2.05) is 24.7 Å². The van der Waals surface area contributed by atoms with E-state index in [2.05, 4.69) is 11.3 Å². The van der Waals surface area contributed by atoms with Crippen molar-refractivity contribution in [3.8, 4) is 0 Å². The third-order valence-electron chi connectivity index (χ3n) is 1.28. The molecule has 0 N–H and O–H groups in total. The number of ether oxygens (including phenoxy) is 1. The summed E-state index contributed by atoms with van der Waals surface area (Å²) in [6, 6.07) is 1.79. The van der Waals surface area contributed by atoms with Gasteiger partial charge >= 0.3 is 0 Å². The van der Waals surface area contributed by atoms with Crippen molar-refractivity contribution in [3.63, 3.8) is 0 Å². The molecule has 3 nitrogen and oxygen atoms in total. The van der Waals surface area contributed by atoms with E-state index in [0.29, 0.717) is 12.7 Å². The molecular formula is C8H13N2O. The Labute approximate surface area is 67.0 Å². The fraction of sp³-hybridized carbons (Fsp3) is 0.625. The van der Waals surface area contributed by atoms with Crippen LogP contribution in [-0.4, -0.2) is 22.5 Å². The second-order valence-electron chi connectivity index (χ2n) is 2.63. The maximum absolute atomic E-state index is 5.34. The van der Waals surface area contributed by atoms with Crippen LogP contribution in [0.2, 0.25) is 0 Å². The van der Waals surface area contributed by atoms with Gasteiger partial charge in [-0.2, -0.15) is 5.10 Å². The largest absolute Gasteiger partial charge is 0.377 e. The van der Waals surface area contributed by atoms with Gasteiger partial charge in [-0.1, -0.05) is 0 Å². The molecule has 0 aliphatic rings. The van der Waals surface area contributed by atoms with Gasteiger partial charge in [-0.05, 0) is 19.9 Å². The minimum atomic E-state index is 0.301. The van der Waals surface area contributed by atoms with Crippen LogP contribution in [0.1, 0.15) is 13.8 Å². The van der Waals surface area contributed by atoms with Crippen LogP contribution < -0.4 is 0 Å². The first kappa shape index (κ1) is 8.27. The summed E-state index contributed by atoms with van der Waals surface area (Å²) in [6.45, 7) is 5.57. The van der Waals surface area contributed by atoms with E-state index >= 15 is 0 Å². The summed E-state index contributed by atoms with van der Waals surface area (Å²) in [6.07, 6.45) is 4.90. The van der Waals surface area contributed by atoms with E-state index in [1.165, 1.54) is 0 Å². The highest BCUT2D eigenvalue weighted by atomic mass is 16.5. The smallest absolute Gasteiger partial charge is 0.113 e. The van der Waals surface area contributed by atoms with Crippen LogP contribution in [0.25, 0.3) is 0 Å². The molecule has 0 bridgehead atoms. The highest BCUT2D eigenvalue weighted by Gasteiger charge is 1.93. The van der Waals surface area contributed by atoms with E-state index in [1.54, 1.807) is 6.07 Å². The van der Waals surface area contributed by atoms with Gasteiger partial charge in [0.15, 0.2) is 0 Å². The van der Waals surface area contributed by atoms with Crippen molar-refractivity contribution in [3.05, 3.63) is 18.5 Å². The van der Waals surface area contributed by atoms with Gasteiger partial charge < -0.3 is 4.74 Å². The van der Waals surface area contributed by atoms with Crippen LogP contribution in [0.3, 0.4) is 0 Å². The summed E-state index contributed by atoms with van der Waals surface area (Å²) in [5.41, 5.74) is 0. The molecule has 0 unspecified atom stereocenters. The normalized spacial score (nSPS) is 10.8. The molecular weight excluding hydrogens is 140 g/mol. The lowest BCUT2D eigenvalue weighted by molar-refractivity contribution is 0.0709. The molecule has 0 spiro atoms. The topological polar surface area (TPSA) is 27.1 Å². The Bertz CT molecular complexity index is 182. The van der Waals surface area contributed by atoms with E-state index in [4.69, 9.17) is 4.74 Å². The molecule has 3 heteroatoms. The number of nitrogens with zero attached hydrogens (tertiary/aromatic N) is 2. The first-order chi connectivity index (χ1) is 5.29. The zero-order valence-electron chi connectivity index (χ0n) is 6.95. The van der Waals surface area contributed by atoms with E-state index in [0.717, 1.165) is 6.54 Å². The van der Waals surface area contributed by atoms with Gasteiger partial charge in [-0.15, -0.1) is 0 Å². The number of rotatable bonds is 4. The van der Waals surface area contributed by atoms with Gasteiger partial charge in [0.1, 0.15) is 6.20 Å². The number of hydrogen-bond acceptors (Lipinski definition) is 2. The van der Waals surface area contributed by atoms with Crippen molar-refractivity contribution in [1.82, 2.24) is 9.78 Å². The maximum atomic E-state index is 5.34. The van der Waals surface area contributed by atoms with Crippen LogP contribution in [0.4, 0.5) is 0 Å². The standard InChI is InChI=1S/C8H13N2O/c1-8(2)11-7-6-10-5-3-4-9-10/h3,5,8H,6-7H2,1-2H3. The molecule has 1 radical (unpaired) electrons. The van der Waals surface area contributed by atoms with Gasteiger partial charge in [0.25, 0.3) is 0 Å². The van der Waals surface area contributed by atoms with Gasteiger partial charge in [0.05, 0.1) is 19.3 Å². The Morgan fingerprint density at radius 1 is 1.64 bits per heavy atom. The van der Waals surface area contributed by atoms with Gasteiger partial charge in [0, 0.05) is 6.20 Å². The first-order valence-electron chi connectivity index (χ1n) is 3.80. The van der Waals surface area contributed by atoms with Crippen LogP contribution in [-0.2, 0) is 11.3 Å². The van der Waals surface area contributed by atoms with Gasteiger partial charge in [-0.3, -0.25) is 4.68 Å². The van der Waals surface area contributed by atoms with E-state index in [-0.39, 0.29) is 0 Å². The molecule has 0 saturated carbocycles. The lowest BCUT2D eigenvalue weighted by atomic mass is 10.5. The zero-order valence-corrected chi connectivity index (χ0v) is 6.95. The predicted molar refractivity (Wildman–Crippen MR) is 42.2 cm³/mol. The number of hydrogen-bond donors (Lipinski definition) is 0. The van der Waals surface area contributed by atoms with Crippen molar-refractivity contribution >= 4 is 0 Å². The quantitative estimate of drug-likeness (QED) is 0.648. The van der Waals surface area contributed by atoms with Crippen molar-refractivity contribution < 1.29 is 4.74 Å². The molecule has 1 aromatic rings. The third kappa shape index (κ3) is 3.18. The molecule has 1 aromatic heterocycles. The van der Waals surface area contributed by atoms with Crippen molar-refractivity contribution in [2.24, 2.45) is 0 Å². The lowest BCUT2D eigenvalue weighted by Gasteiger charge is -2.06. The second-order valence-corrected chi connectivity index (χ2v) is 2.63. The fourth-order valence-electron chi connectivity index (χ4n) is 0.767. The van der Waals surface area contributed by atoms with E-state index in [9.17, 15) is 0 Å². The Balaban J connectivity index is 2.14.